The molecule has 0 aliphatic carbocycles. The van der Waals surface area contributed by atoms with Crippen molar-refractivity contribution in [2.75, 3.05) is 33.9 Å². The third-order valence-electron chi connectivity index (χ3n) is 5.23. The molecule has 0 bridgehead atoms. The zero-order valence-electron chi connectivity index (χ0n) is 17.3. The Morgan fingerprint density at radius 2 is 1.59 bits per heavy atom. The Hall–Kier alpha value is -2.54. The van der Waals surface area contributed by atoms with Crippen LogP contribution in [0.15, 0.2) is 48.5 Å². The quantitative estimate of drug-likeness (QED) is 0.780. The van der Waals surface area contributed by atoms with Crippen LogP contribution >= 0.6 is 0 Å². The molecule has 0 spiro atoms. The minimum Gasteiger partial charge on any atom is -0.372 e. The van der Waals surface area contributed by atoms with Crippen LogP contribution in [0.1, 0.15) is 31.7 Å². The second-order valence-corrected chi connectivity index (χ2v) is 9.51. The van der Waals surface area contributed by atoms with E-state index in [4.69, 9.17) is 0 Å². The Morgan fingerprint density at radius 1 is 1.00 bits per heavy atom. The van der Waals surface area contributed by atoms with Crippen LogP contribution < -0.4 is 14.5 Å². The molecule has 3 rings (SSSR count). The van der Waals surface area contributed by atoms with Crippen molar-refractivity contribution in [3.63, 3.8) is 0 Å². The second kappa shape index (κ2) is 8.86. The highest BCUT2D eigenvalue weighted by Gasteiger charge is 2.29. The molecule has 1 fully saturated rings. The summed E-state index contributed by atoms with van der Waals surface area (Å²) in [5.41, 5.74) is 3.29. The van der Waals surface area contributed by atoms with Crippen molar-refractivity contribution in [2.24, 2.45) is 0 Å². The molecule has 1 unspecified atom stereocenters. The predicted molar refractivity (Wildman–Crippen MR) is 119 cm³/mol. The summed E-state index contributed by atoms with van der Waals surface area (Å²) < 4.78 is 25.9. The molecule has 2 aromatic carbocycles. The summed E-state index contributed by atoms with van der Waals surface area (Å²) in [5, 5.41) is 2.84. The lowest BCUT2D eigenvalue weighted by Crippen LogP contribution is -2.45. The molecule has 1 aliphatic heterocycles. The molecule has 6 nitrogen and oxygen atoms in total. The molecule has 0 radical (unpaired) electrons. The summed E-state index contributed by atoms with van der Waals surface area (Å²) >= 11 is 0. The fraction of sp³-hybridized carbons (Fsp3) is 0.409. The highest BCUT2D eigenvalue weighted by Crippen LogP contribution is 2.24. The maximum absolute atomic E-state index is 12.8. The van der Waals surface area contributed by atoms with Crippen LogP contribution in [0.3, 0.4) is 0 Å². The monoisotopic (exact) mass is 415 g/mol. The molecular formula is C22H29N3O3S. The van der Waals surface area contributed by atoms with Crippen molar-refractivity contribution in [3.8, 4) is 0 Å². The van der Waals surface area contributed by atoms with E-state index in [-0.39, 0.29) is 5.91 Å². The smallest absolute Gasteiger partial charge is 0.247 e. The van der Waals surface area contributed by atoms with E-state index in [2.05, 4.69) is 10.2 Å². The van der Waals surface area contributed by atoms with Gasteiger partial charge in [-0.3, -0.25) is 9.10 Å². The Bertz CT molecular complexity index is 934. The summed E-state index contributed by atoms with van der Waals surface area (Å²) in [6.45, 7) is 5.64. The molecule has 1 aliphatic rings. The van der Waals surface area contributed by atoms with Gasteiger partial charge in [-0.2, -0.15) is 0 Å². The summed E-state index contributed by atoms with van der Waals surface area (Å²) in [6, 6.07) is 13.9. The molecule has 0 saturated carbocycles. The lowest BCUT2D eigenvalue weighted by Gasteiger charge is -2.29. The van der Waals surface area contributed by atoms with Crippen molar-refractivity contribution in [2.45, 2.75) is 39.2 Å². The number of anilines is 3. The topological polar surface area (TPSA) is 69.7 Å². The van der Waals surface area contributed by atoms with Gasteiger partial charge in [-0.15, -0.1) is 0 Å². The number of nitrogens with one attached hydrogen (secondary N) is 1. The van der Waals surface area contributed by atoms with Crippen LogP contribution in [0.5, 0.6) is 0 Å². The first-order chi connectivity index (χ1) is 13.8. The summed E-state index contributed by atoms with van der Waals surface area (Å²) in [6.07, 6.45) is 4.80. The number of nitrogens with zero attached hydrogens (tertiary/aromatic N) is 2. The van der Waals surface area contributed by atoms with Gasteiger partial charge in [0.15, 0.2) is 0 Å². The lowest BCUT2D eigenvalue weighted by atomic mass is 10.1. The summed E-state index contributed by atoms with van der Waals surface area (Å²) in [5.74, 6) is -0.373. The van der Waals surface area contributed by atoms with Gasteiger partial charge in [-0.25, -0.2) is 8.42 Å². The minimum atomic E-state index is -3.62. The molecule has 29 heavy (non-hydrogen) atoms. The molecule has 1 atom stereocenters. The number of amides is 1. The highest BCUT2D eigenvalue weighted by atomic mass is 32.2. The van der Waals surface area contributed by atoms with Crippen LogP contribution in [0.25, 0.3) is 0 Å². The van der Waals surface area contributed by atoms with E-state index < -0.39 is 16.1 Å². The minimum absolute atomic E-state index is 0.373. The maximum Gasteiger partial charge on any atom is 0.247 e. The zero-order valence-corrected chi connectivity index (χ0v) is 18.1. The lowest BCUT2D eigenvalue weighted by molar-refractivity contribution is -0.116. The van der Waals surface area contributed by atoms with Gasteiger partial charge < -0.3 is 10.2 Å². The Balaban J connectivity index is 1.73. The van der Waals surface area contributed by atoms with Gasteiger partial charge in [0, 0.05) is 24.5 Å². The molecule has 1 amide bonds. The number of benzene rings is 2. The van der Waals surface area contributed by atoms with Crippen molar-refractivity contribution in [3.05, 3.63) is 54.1 Å². The molecule has 1 heterocycles. The normalized spacial score (nSPS) is 15.6. The Morgan fingerprint density at radius 3 is 2.14 bits per heavy atom. The average molecular weight is 416 g/mol. The third kappa shape index (κ3) is 5.29. The third-order valence-corrected chi connectivity index (χ3v) is 6.47. The fourth-order valence-electron chi connectivity index (χ4n) is 3.65. The fourth-order valence-corrected chi connectivity index (χ4v) is 4.83. The molecule has 156 valence electrons. The standard InChI is InChI=1S/C22H29N3O3S/c1-17-7-11-21(12-8-17)25(29(3,27)28)18(2)22(26)23-19-9-13-20(14-10-19)24-15-5-4-6-16-24/h7-14,18H,4-6,15-16H2,1-3H3,(H,23,26). The molecule has 2 aromatic rings. The Labute approximate surface area is 173 Å². The summed E-state index contributed by atoms with van der Waals surface area (Å²) in [7, 11) is -3.62. The van der Waals surface area contributed by atoms with Gasteiger partial charge in [0.1, 0.15) is 6.04 Å². The number of carbonyl (C=O) groups excluding carboxylic acids is 1. The van der Waals surface area contributed by atoms with Crippen LogP contribution in [0.2, 0.25) is 0 Å². The van der Waals surface area contributed by atoms with E-state index >= 15 is 0 Å². The SMILES string of the molecule is Cc1ccc(N(C(C)C(=O)Nc2ccc(N3CCCCC3)cc2)S(C)(=O)=O)cc1. The van der Waals surface area contributed by atoms with E-state index in [0.29, 0.717) is 11.4 Å². The van der Waals surface area contributed by atoms with E-state index in [0.717, 1.165) is 34.9 Å². The van der Waals surface area contributed by atoms with E-state index in [1.807, 2.05) is 43.3 Å². The van der Waals surface area contributed by atoms with Crippen molar-refractivity contribution < 1.29 is 13.2 Å². The largest absolute Gasteiger partial charge is 0.372 e. The first-order valence-electron chi connectivity index (χ1n) is 9.97. The first kappa shape index (κ1) is 21.2. The van der Waals surface area contributed by atoms with Gasteiger partial charge in [0.2, 0.25) is 15.9 Å². The number of aryl methyl sites for hydroxylation is 1. The van der Waals surface area contributed by atoms with Gasteiger partial charge in [-0.1, -0.05) is 17.7 Å². The first-order valence-corrected chi connectivity index (χ1v) is 11.8. The number of carbonyl (C=O) groups is 1. The van der Waals surface area contributed by atoms with Crippen molar-refractivity contribution in [1.29, 1.82) is 0 Å². The van der Waals surface area contributed by atoms with Crippen molar-refractivity contribution >= 4 is 33.0 Å². The van der Waals surface area contributed by atoms with E-state index in [9.17, 15) is 13.2 Å². The van der Waals surface area contributed by atoms with Gasteiger partial charge in [0.05, 0.1) is 11.9 Å². The van der Waals surface area contributed by atoms with E-state index in [1.165, 1.54) is 19.3 Å². The van der Waals surface area contributed by atoms with Crippen molar-refractivity contribution in [1.82, 2.24) is 0 Å². The maximum atomic E-state index is 12.8. The number of sulfonamides is 1. The molecule has 7 heteroatoms. The number of hydrogen-bond acceptors (Lipinski definition) is 4. The summed E-state index contributed by atoms with van der Waals surface area (Å²) in [4.78, 5) is 15.1. The second-order valence-electron chi connectivity index (χ2n) is 7.65. The van der Waals surface area contributed by atoms with Crippen LogP contribution in [0, 0.1) is 6.92 Å². The van der Waals surface area contributed by atoms with E-state index in [1.54, 1.807) is 19.1 Å². The van der Waals surface area contributed by atoms with Crippen LogP contribution in [-0.2, 0) is 14.8 Å². The Kier molecular flexibility index (Phi) is 6.47. The zero-order chi connectivity index (χ0) is 21.0. The van der Waals surface area contributed by atoms with Gasteiger partial charge in [-0.05, 0) is 69.5 Å². The number of piperidine rings is 1. The number of hydrogen-bond donors (Lipinski definition) is 1. The average Bonchev–Trinajstić information content (AvgIpc) is 2.70. The van der Waals surface area contributed by atoms with Crippen LogP contribution in [0.4, 0.5) is 17.1 Å². The van der Waals surface area contributed by atoms with Gasteiger partial charge >= 0.3 is 0 Å². The number of rotatable bonds is 6. The predicted octanol–water partition coefficient (Wildman–Crippen LogP) is 3.78. The molecule has 0 aromatic heterocycles. The van der Waals surface area contributed by atoms with Gasteiger partial charge in [0.25, 0.3) is 0 Å². The molecule has 1 saturated heterocycles. The highest BCUT2D eigenvalue weighted by molar-refractivity contribution is 7.92. The molecular weight excluding hydrogens is 386 g/mol. The van der Waals surface area contributed by atoms with Crippen LogP contribution in [-0.4, -0.2) is 39.7 Å². The molecule has 1 N–H and O–H groups in total.